The highest BCUT2D eigenvalue weighted by atomic mass is 32.2. The quantitative estimate of drug-likeness (QED) is 0.222. The molecule has 0 spiro atoms. The Morgan fingerprint density at radius 3 is 2.36 bits per heavy atom. The average Bonchev–Trinajstić information content (AvgIpc) is 3.29. The van der Waals surface area contributed by atoms with Gasteiger partial charge in [0, 0.05) is 12.2 Å². The van der Waals surface area contributed by atoms with E-state index in [1.54, 1.807) is 42.5 Å². The molecule has 0 aliphatic carbocycles. The number of nitrogens with one attached hydrogen (secondary N) is 2. The molecular weight excluding hydrogens is 474 g/mol. The number of thioether (sulfide) groups is 1. The predicted octanol–water partition coefficient (Wildman–Crippen LogP) is 5.03. The molecule has 1 heterocycles. The van der Waals surface area contributed by atoms with Crippen molar-refractivity contribution in [2.45, 2.75) is 18.3 Å². The number of hydrogen-bond acceptors (Lipinski definition) is 6. The Hall–Kier alpha value is -4.37. The third-order valence-electron chi connectivity index (χ3n) is 5.03. The minimum Gasteiger partial charge on any atom is -0.486 e. The van der Waals surface area contributed by atoms with Crippen LogP contribution < -0.4 is 15.4 Å². The van der Waals surface area contributed by atoms with Crippen molar-refractivity contribution in [1.82, 2.24) is 14.8 Å². The van der Waals surface area contributed by atoms with Crippen molar-refractivity contribution in [3.05, 3.63) is 109 Å². The molecule has 4 rings (SSSR count). The molecule has 2 amide bonds. The molecule has 0 saturated heterocycles. The van der Waals surface area contributed by atoms with Gasteiger partial charge in [0.05, 0.1) is 17.0 Å². The molecule has 0 aliphatic rings. The molecule has 182 valence electrons. The molecule has 0 radical (unpaired) electrons. The number of carbonyl (C=O) groups excluding carboxylic acids is 2. The fourth-order valence-corrected chi connectivity index (χ4v) is 4.10. The monoisotopic (exact) mass is 499 g/mol. The van der Waals surface area contributed by atoms with Crippen molar-refractivity contribution in [2.24, 2.45) is 0 Å². The standard InChI is InChI=1S/C27H25N5O3S/c1-2-17-32-24(18-35-21-13-7-4-8-14-21)30-31-27(32)36-19-25(33)29-23-16-10-9-15-22(23)26(34)28-20-11-5-3-6-12-20/h2-16H,1,17-19H2,(H,28,34)(H,29,33). The number of ether oxygens (including phenoxy) is 1. The lowest BCUT2D eigenvalue weighted by molar-refractivity contribution is -0.113. The lowest BCUT2D eigenvalue weighted by Crippen LogP contribution is -2.19. The Bertz CT molecular complexity index is 1330. The lowest BCUT2D eigenvalue weighted by Gasteiger charge is -2.12. The van der Waals surface area contributed by atoms with Crippen molar-refractivity contribution in [2.75, 3.05) is 16.4 Å². The summed E-state index contributed by atoms with van der Waals surface area (Å²) in [6, 6.07) is 25.5. The molecule has 9 heteroatoms. The van der Waals surface area contributed by atoms with Gasteiger partial charge in [-0.25, -0.2) is 0 Å². The van der Waals surface area contributed by atoms with Gasteiger partial charge in [-0.3, -0.25) is 14.2 Å². The number of amides is 2. The third-order valence-corrected chi connectivity index (χ3v) is 5.99. The van der Waals surface area contributed by atoms with E-state index in [1.165, 1.54) is 11.8 Å². The summed E-state index contributed by atoms with van der Waals surface area (Å²) in [5.74, 6) is 0.872. The number of hydrogen-bond donors (Lipinski definition) is 2. The summed E-state index contributed by atoms with van der Waals surface area (Å²) in [6.45, 7) is 4.52. The minimum atomic E-state index is -0.307. The van der Waals surface area contributed by atoms with Gasteiger partial charge in [0.2, 0.25) is 5.91 Å². The van der Waals surface area contributed by atoms with E-state index in [-0.39, 0.29) is 24.2 Å². The van der Waals surface area contributed by atoms with Gasteiger partial charge in [0.1, 0.15) is 12.4 Å². The molecule has 1 aromatic heterocycles. The second kappa shape index (κ2) is 12.4. The van der Waals surface area contributed by atoms with Crippen LogP contribution in [0.5, 0.6) is 5.75 Å². The first-order valence-electron chi connectivity index (χ1n) is 11.2. The minimum absolute atomic E-state index is 0.0868. The maximum Gasteiger partial charge on any atom is 0.257 e. The molecule has 36 heavy (non-hydrogen) atoms. The lowest BCUT2D eigenvalue weighted by atomic mass is 10.1. The summed E-state index contributed by atoms with van der Waals surface area (Å²) in [5.41, 5.74) is 1.48. The first kappa shape index (κ1) is 24.7. The predicted molar refractivity (Wildman–Crippen MR) is 141 cm³/mol. The van der Waals surface area contributed by atoms with E-state index in [0.29, 0.717) is 34.5 Å². The Morgan fingerprint density at radius 2 is 1.61 bits per heavy atom. The van der Waals surface area contributed by atoms with E-state index in [4.69, 9.17) is 4.74 Å². The van der Waals surface area contributed by atoms with Gasteiger partial charge in [-0.2, -0.15) is 0 Å². The van der Waals surface area contributed by atoms with Gasteiger partial charge in [0.15, 0.2) is 11.0 Å². The first-order valence-corrected chi connectivity index (χ1v) is 12.2. The Morgan fingerprint density at radius 1 is 0.917 bits per heavy atom. The zero-order chi connectivity index (χ0) is 25.2. The van der Waals surface area contributed by atoms with Gasteiger partial charge >= 0.3 is 0 Å². The molecule has 4 aromatic rings. The number of aromatic nitrogens is 3. The topological polar surface area (TPSA) is 98.1 Å². The molecule has 2 N–H and O–H groups in total. The van der Waals surface area contributed by atoms with Gasteiger partial charge in [-0.1, -0.05) is 66.4 Å². The highest BCUT2D eigenvalue weighted by molar-refractivity contribution is 7.99. The van der Waals surface area contributed by atoms with Crippen LogP contribution >= 0.6 is 11.8 Å². The van der Waals surface area contributed by atoms with Gasteiger partial charge in [-0.15, -0.1) is 16.8 Å². The normalized spacial score (nSPS) is 10.4. The van der Waals surface area contributed by atoms with Crippen LogP contribution in [0, 0.1) is 0 Å². The molecular formula is C27H25N5O3S. The number of rotatable bonds is 11. The smallest absolute Gasteiger partial charge is 0.257 e. The number of para-hydroxylation sites is 3. The highest BCUT2D eigenvalue weighted by Crippen LogP contribution is 2.21. The summed E-state index contributed by atoms with van der Waals surface area (Å²) in [5, 5.41) is 14.7. The number of nitrogens with zero attached hydrogens (tertiary/aromatic N) is 3. The molecule has 0 unspecified atom stereocenters. The summed E-state index contributed by atoms with van der Waals surface area (Å²) in [7, 11) is 0. The van der Waals surface area contributed by atoms with Crippen LogP contribution in [-0.4, -0.2) is 32.3 Å². The largest absolute Gasteiger partial charge is 0.486 e. The summed E-state index contributed by atoms with van der Waals surface area (Å²) >= 11 is 1.25. The molecule has 3 aromatic carbocycles. The highest BCUT2D eigenvalue weighted by Gasteiger charge is 2.16. The maximum atomic E-state index is 12.8. The maximum absolute atomic E-state index is 12.8. The van der Waals surface area contributed by atoms with Crippen LogP contribution in [0.4, 0.5) is 11.4 Å². The SMILES string of the molecule is C=CCn1c(COc2ccccc2)nnc1SCC(=O)Nc1ccccc1C(=O)Nc1ccccc1. The van der Waals surface area contributed by atoms with Crippen LogP contribution in [-0.2, 0) is 17.9 Å². The molecule has 8 nitrogen and oxygen atoms in total. The molecule has 0 atom stereocenters. The summed E-state index contributed by atoms with van der Waals surface area (Å²) in [4.78, 5) is 25.5. The Balaban J connectivity index is 1.38. The number of anilines is 2. The van der Waals surface area contributed by atoms with Crippen molar-refractivity contribution < 1.29 is 14.3 Å². The van der Waals surface area contributed by atoms with Crippen molar-refractivity contribution in [3.63, 3.8) is 0 Å². The summed E-state index contributed by atoms with van der Waals surface area (Å²) in [6.07, 6.45) is 1.74. The zero-order valence-electron chi connectivity index (χ0n) is 19.5. The van der Waals surface area contributed by atoms with Gasteiger partial charge < -0.3 is 15.4 Å². The number of carbonyl (C=O) groups is 2. The second-order valence-corrected chi connectivity index (χ2v) is 8.54. The third kappa shape index (κ3) is 6.61. The average molecular weight is 500 g/mol. The van der Waals surface area contributed by atoms with E-state index in [1.807, 2.05) is 53.1 Å². The van der Waals surface area contributed by atoms with Crippen LogP contribution in [0.25, 0.3) is 0 Å². The molecule has 0 aliphatic heterocycles. The van der Waals surface area contributed by atoms with Crippen molar-refractivity contribution >= 4 is 35.0 Å². The van der Waals surface area contributed by atoms with Crippen LogP contribution in [0.2, 0.25) is 0 Å². The van der Waals surface area contributed by atoms with E-state index in [9.17, 15) is 9.59 Å². The first-order chi connectivity index (χ1) is 17.6. The molecule has 0 fully saturated rings. The Kier molecular flexibility index (Phi) is 8.50. The Labute approximate surface area is 213 Å². The molecule has 0 saturated carbocycles. The van der Waals surface area contributed by atoms with Gasteiger partial charge in [0.25, 0.3) is 5.91 Å². The molecule has 0 bridgehead atoms. The van der Waals surface area contributed by atoms with Crippen LogP contribution in [0.15, 0.2) is 103 Å². The fraction of sp³-hybridized carbons (Fsp3) is 0.111. The van der Waals surface area contributed by atoms with E-state index in [0.717, 1.165) is 5.75 Å². The fourth-order valence-electron chi connectivity index (χ4n) is 3.34. The zero-order valence-corrected chi connectivity index (χ0v) is 20.3. The van der Waals surface area contributed by atoms with E-state index >= 15 is 0 Å². The second-order valence-electron chi connectivity index (χ2n) is 7.60. The van der Waals surface area contributed by atoms with E-state index in [2.05, 4.69) is 27.4 Å². The van der Waals surface area contributed by atoms with Crippen LogP contribution in [0.1, 0.15) is 16.2 Å². The van der Waals surface area contributed by atoms with Crippen LogP contribution in [0.3, 0.4) is 0 Å². The van der Waals surface area contributed by atoms with Crippen molar-refractivity contribution in [3.8, 4) is 5.75 Å². The van der Waals surface area contributed by atoms with Crippen molar-refractivity contribution in [1.29, 1.82) is 0 Å². The number of benzene rings is 3. The van der Waals surface area contributed by atoms with Gasteiger partial charge in [-0.05, 0) is 36.4 Å². The summed E-state index contributed by atoms with van der Waals surface area (Å²) < 4.78 is 7.65. The number of allylic oxidation sites excluding steroid dienone is 1. The van der Waals surface area contributed by atoms with E-state index < -0.39 is 0 Å².